The van der Waals surface area contributed by atoms with E-state index in [0.29, 0.717) is 0 Å². The molecule has 5 aliphatic rings. The van der Waals surface area contributed by atoms with E-state index >= 15 is 0 Å². The minimum Gasteiger partial charge on any atom is -0.463 e. The molecule has 15 atom stereocenters. The number of carbonyl (C=O) groups is 9. The largest absolute Gasteiger partial charge is 0.463 e. The Bertz CT molecular complexity index is 1990. The number of aliphatic hydroxyl groups excluding tert-OH is 1. The van der Waals surface area contributed by atoms with Crippen LogP contribution >= 0.6 is 0 Å². The van der Waals surface area contributed by atoms with E-state index in [4.69, 9.17) is 71.1 Å². The zero-order valence-electron chi connectivity index (χ0n) is 36.8. The number of rotatable bonds is 11. The van der Waals surface area contributed by atoms with Crippen molar-refractivity contribution in [3.63, 3.8) is 0 Å². The third kappa shape index (κ3) is 12.7. The summed E-state index contributed by atoms with van der Waals surface area (Å²) in [5.74, 6) is -8.82. The van der Waals surface area contributed by atoms with Gasteiger partial charge in [-0.1, -0.05) is 12.1 Å². The average Bonchev–Trinajstić information content (AvgIpc) is 3.22. The van der Waals surface area contributed by atoms with E-state index in [1.807, 2.05) is 0 Å². The smallest absolute Gasteiger partial charge is 0.339 e. The van der Waals surface area contributed by atoms with Gasteiger partial charge in [-0.25, -0.2) is 9.59 Å². The number of esters is 9. The molecule has 5 aliphatic heterocycles. The molecule has 364 valence electrons. The van der Waals surface area contributed by atoms with E-state index < -0.39 is 171 Å². The zero-order valence-corrected chi connectivity index (χ0v) is 36.8. The summed E-state index contributed by atoms with van der Waals surface area (Å²) in [4.78, 5) is 115. The zero-order chi connectivity index (χ0) is 48.6. The fourth-order valence-electron chi connectivity index (χ4n) is 7.53. The summed E-state index contributed by atoms with van der Waals surface area (Å²) in [7, 11) is 1.13. The normalized spacial score (nSPS) is 33.3. The van der Waals surface area contributed by atoms with Crippen molar-refractivity contribution >= 4 is 53.7 Å². The van der Waals surface area contributed by atoms with Gasteiger partial charge in [0.15, 0.2) is 61.6 Å². The summed E-state index contributed by atoms with van der Waals surface area (Å²) < 4.78 is 85.7. The number of benzene rings is 1. The Morgan fingerprint density at radius 3 is 1.65 bits per heavy atom. The second-order valence-electron chi connectivity index (χ2n) is 15.0. The van der Waals surface area contributed by atoms with Gasteiger partial charge < -0.3 is 76.2 Å². The van der Waals surface area contributed by atoms with Crippen LogP contribution < -0.4 is 0 Å². The summed E-state index contributed by atoms with van der Waals surface area (Å²) in [5, 5.41) is 12.2. The highest BCUT2D eigenvalue weighted by molar-refractivity contribution is 6.03. The van der Waals surface area contributed by atoms with Gasteiger partial charge >= 0.3 is 53.7 Å². The molecule has 0 aliphatic carbocycles. The predicted molar refractivity (Wildman–Crippen MR) is 206 cm³/mol. The van der Waals surface area contributed by atoms with E-state index in [0.717, 1.165) is 55.6 Å². The monoisotopic (exact) mass is 942 g/mol. The molecule has 1 aromatic rings. The third-order valence-corrected chi connectivity index (χ3v) is 10.0. The van der Waals surface area contributed by atoms with Crippen LogP contribution in [-0.2, 0) is 105 Å². The molecule has 0 radical (unpaired) electrons. The first-order valence-electron chi connectivity index (χ1n) is 20.3. The first-order chi connectivity index (χ1) is 31.2. The maximum atomic E-state index is 14.2. The minimum atomic E-state index is -2.00. The van der Waals surface area contributed by atoms with Crippen LogP contribution in [0.15, 0.2) is 24.3 Å². The molecule has 3 fully saturated rings. The van der Waals surface area contributed by atoms with Crippen molar-refractivity contribution in [3.8, 4) is 0 Å². The molecule has 66 heavy (non-hydrogen) atoms. The quantitative estimate of drug-likeness (QED) is 0.208. The van der Waals surface area contributed by atoms with Crippen LogP contribution in [0.25, 0.3) is 0 Å². The van der Waals surface area contributed by atoms with Gasteiger partial charge in [-0.2, -0.15) is 0 Å². The number of methoxy groups -OCH3 is 1. The lowest BCUT2D eigenvalue weighted by Gasteiger charge is -2.48. The van der Waals surface area contributed by atoms with Crippen LogP contribution in [-0.4, -0.2) is 178 Å². The Labute approximate surface area is 375 Å². The maximum Gasteiger partial charge on any atom is 0.339 e. The molecule has 0 unspecified atom stereocenters. The van der Waals surface area contributed by atoms with Crippen molar-refractivity contribution in [1.29, 1.82) is 0 Å². The molecule has 0 amide bonds. The molecule has 0 aromatic heterocycles. The Morgan fingerprint density at radius 1 is 0.576 bits per heavy atom. The summed E-state index contributed by atoms with van der Waals surface area (Å²) >= 11 is 0. The molecule has 4 bridgehead atoms. The highest BCUT2D eigenvalue weighted by atomic mass is 16.8. The fourth-order valence-corrected chi connectivity index (χ4v) is 7.53. The standard InChI is InChI=1S/C41H50O25/c1-16(42)53-14-26-29(56-17(2)43)33(59-20(5)46)36(61-22(7)48)41(64-26)66-31-28(49)25-13-55-40-35(60-21(6)47)32(58-19(4)45)30(57-18(3)44)27(63-40)15-54-37(50)23-11-9-10-12-24(23)38(51)65-34(31)39(52-8)62-25/h9-12,25-36,39-41,49H,13-15H2,1-8H3/t25-,26-,27-,28-,29-,30-,31+,32+,33+,34+,35+,36+,39+,40+,41-/m1/s1. The lowest BCUT2D eigenvalue weighted by Crippen LogP contribution is -2.67. The Kier molecular flexibility index (Phi) is 17.5. The fraction of sp³-hybridized carbons (Fsp3) is 0.634. The molecule has 1 N–H and O–H groups in total. The molecule has 0 saturated carbocycles. The summed E-state index contributed by atoms with van der Waals surface area (Å²) in [6.45, 7) is 4.98. The molecule has 1 aromatic carbocycles. The number of carbonyl (C=O) groups excluding carboxylic acids is 9. The molecule has 25 heteroatoms. The van der Waals surface area contributed by atoms with E-state index in [9.17, 15) is 48.3 Å². The lowest BCUT2D eigenvalue weighted by atomic mass is 9.95. The Hall–Kier alpha value is -5.83. The average molecular weight is 943 g/mol. The van der Waals surface area contributed by atoms with Crippen LogP contribution in [0, 0.1) is 0 Å². The minimum absolute atomic E-state index is 0.377. The molecule has 3 saturated heterocycles. The van der Waals surface area contributed by atoms with Crippen LogP contribution in [0.3, 0.4) is 0 Å². The van der Waals surface area contributed by atoms with Gasteiger partial charge in [0.05, 0.1) is 17.7 Å². The number of hydrogen-bond donors (Lipinski definition) is 1. The van der Waals surface area contributed by atoms with Crippen molar-refractivity contribution < 1.29 is 119 Å². The molecular formula is C41H50O25. The molecule has 5 heterocycles. The van der Waals surface area contributed by atoms with E-state index in [1.54, 1.807) is 0 Å². The van der Waals surface area contributed by atoms with Crippen LogP contribution in [0.1, 0.15) is 69.2 Å². The van der Waals surface area contributed by atoms with Gasteiger partial charge in [-0.05, 0) is 12.1 Å². The van der Waals surface area contributed by atoms with Crippen molar-refractivity contribution in [2.75, 3.05) is 26.9 Å². The first-order valence-corrected chi connectivity index (χ1v) is 20.3. The third-order valence-electron chi connectivity index (χ3n) is 10.0. The van der Waals surface area contributed by atoms with Gasteiger partial charge in [0, 0.05) is 55.6 Å². The predicted octanol–water partition coefficient (Wildman–Crippen LogP) is -0.880. The topological polar surface area (TPSA) is 312 Å². The van der Waals surface area contributed by atoms with Crippen molar-refractivity contribution in [3.05, 3.63) is 35.4 Å². The number of fused-ring (bicyclic) bond motifs is 6. The van der Waals surface area contributed by atoms with Gasteiger partial charge in [0.25, 0.3) is 0 Å². The Balaban J connectivity index is 1.65. The summed E-state index contributed by atoms with van der Waals surface area (Å²) in [6, 6.07) is 5.18. The number of ether oxygens (including phenoxy) is 15. The maximum absolute atomic E-state index is 14.2. The SMILES string of the molecule is CO[C@H]1O[C@@H]2CO[C@H]3O[C@H](COC(=O)c4ccccc4C(=O)O[C@H]1[C@@H](O[C@H]1O[C@H](COC(C)=O)[C@@H](OC(C)=O)[C@H](OC(C)=O)[C@@H]1OC(C)=O)[C@@H]2O)[C@@H](OC(C)=O)[C@H](OC(C)=O)[C@@H]3OC(C)=O. The van der Waals surface area contributed by atoms with E-state index in [-0.39, 0.29) is 5.56 Å². The highest BCUT2D eigenvalue weighted by Crippen LogP contribution is 2.36. The molecular weight excluding hydrogens is 892 g/mol. The summed E-state index contributed by atoms with van der Waals surface area (Å²) in [6.07, 6.45) is -25.9. The second kappa shape index (κ2) is 22.6. The van der Waals surface area contributed by atoms with Crippen LogP contribution in [0.5, 0.6) is 0 Å². The van der Waals surface area contributed by atoms with Crippen LogP contribution in [0.2, 0.25) is 0 Å². The first kappa shape index (κ1) is 51.2. The lowest BCUT2D eigenvalue weighted by molar-refractivity contribution is -0.364. The number of aliphatic hydroxyl groups is 1. The van der Waals surface area contributed by atoms with Crippen LogP contribution in [0.4, 0.5) is 0 Å². The van der Waals surface area contributed by atoms with E-state index in [1.165, 1.54) is 24.3 Å². The summed E-state index contributed by atoms with van der Waals surface area (Å²) in [5.41, 5.74) is -0.778. The van der Waals surface area contributed by atoms with Crippen molar-refractivity contribution in [2.45, 2.75) is 141 Å². The van der Waals surface area contributed by atoms with Crippen molar-refractivity contribution in [1.82, 2.24) is 0 Å². The molecule has 6 rings (SSSR count). The highest BCUT2D eigenvalue weighted by Gasteiger charge is 2.58. The van der Waals surface area contributed by atoms with Gasteiger partial charge in [0.2, 0.25) is 0 Å². The van der Waals surface area contributed by atoms with Gasteiger partial charge in [-0.15, -0.1) is 0 Å². The molecule has 25 nitrogen and oxygen atoms in total. The van der Waals surface area contributed by atoms with Gasteiger partial charge in [-0.3, -0.25) is 33.6 Å². The Morgan fingerprint density at radius 2 is 1.09 bits per heavy atom. The van der Waals surface area contributed by atoms with E-state index in [2.05, 4.69) is 0 Å². The van der Waals surface area contributed by atoms with Gasteiger partial charge in [0.1, 0.15) is 43.7 Å². The van der Waals surface area contributed by atoms with Crippen molar-refractivity contribution in [2.24, 2.45) is 0 Å². The second-order valence-corrected chi connectivity index (χ2v) is 15.0. The number of hydrogen-bond acceptors (Lipinski definition) is 25. The molecule has 0 spiro atoms.